The fourth-order valence-electron chi connectivity index (χ4n) is 3.85. The van der Waals surface area contributed by atoms with E-state index in [0.717, 1.165) is 31.5 Å². The summed E-state index contributed by atoms with van der Waals surface area (Å²) in [4.78, 5) is 33.8. The number of thiophene rings is 1. The van der Waals surface area contributed by atoms with E-state index in [4.69, 9.17) is 4.98 Å². The number of hydrogen-bond acceptors (Lipinski definition) is 5. The molecule has 6 nitrogen and oxygen atoms in total. The monoisotopic (exact) mass is 456 g/mol. The van der Waals surface area contributed by atoms with Gasteiger partial charge in [0.2, 0.25) is 0 Å². The van der Waals surface area contributed by atoms with Crippen LogP contribution in [0.5, 0.6) is 0 Å². The topological polar surface area (TPSA) is 61.8 Å². The molecule has 0 N–H and O–H groups in total. The van der Waals surface area contributed by atoms with E-state index < -0.39 is 0 Å². The molecule has 0 atom stereocenters. The van der Waals surface area contributed by atoms with Crippen LogP contribution in [0, 0.1) is 5.92 Å². The van der Waals surface area contributed by atoms with E-state index in [2.05, 4.69) is 38.3 Å². The number of para-hydroxylation sites is 2. The number of aromatic nitrogens is 4. The van der Waals surface area contributed by atoms with Crippen LogP contribution in [0.2, 0.25) is 0 Å². The second-order valence-electron chi connectivity index (χ2n) is 8.60. The Morgan fingerprint density at radius 3 is 2.42 bits per heavy atom. The average Bonchev–Trinajstić information content (AvgIpc) is 3.21. The average molecular weight is 457 g/mol. The van der Waals surface area contributed by atoms with Crippen LogP contribution in [-0.4, -0.2) is 23.9 Å². The number of hydrogen-bond donors (Lipinski definition) is 0. The van der Waals surface area contributed by atoms with Crippen LogP contribution in [0.4, 0.5) is 0 Å². The van der Waals surface area contributed by atoms with Crippen LogP contribution in [0.25, 0.3) is 21.3 Å². The maximum absolute atomic E-state index is 13.2. The van der Waals surface area contributed by atoms with Gasteiger partial charge in [0.15, 0.2) is 0 Å². The van der Waals surface area contributed by atoms with Crippen molar-refractivity contribution in [3.63, 3.8) is 0 Å². The Balaban J connectivity index is 1.97. The lowest BCUT2D eigenvalue weighted by Crippen LogP contribution is -2.38. The number of nitrogens with zero attached hydrogens (tertiary/aromatic N) is 4. The molecule has 0 fully saturated rings. The van der Waals surface area contributed by atoms with Gasteiger partial charge in [-0.3, -0.25) is 13.9 Å². The molecule has 0 amide bonds. The first-order valence-corrected chi connectivity index (χ1v) is 12.2. The molecule has 4 aromatic rings. The third kappa shape index (κ3) is 3.87. The molecule has 0 aliphatic heterocycles. The lowest BCUT2D eigenvalue weighted by atomic mass is 10.2. The largest absolute Gasteiger partial charge is 0.331 e. The Morgan fingerprint density at radius 2 is 1.77 bits per heavy atom. The standard InChI is InChI=1S/C23H28N4O2S2/c1-13(2)12-27-22-19(21(28)26(6)23(27)29)20(30-14(3)4)17(31-22)11-18-24-15-9-7-8-10-16(15)25(18)5/h7-10,13-14H,11-12H2,1-6H3. The zero-order valence-electron chi connectivity index (χ0n) is 18.8. The molecule has 1 aromatic carbocycles. The van der Waals surface area contributed by atoms with Crippen LogP contribution in [0.1, 0.15) is 38.4 Å². The van der Waals surface area contributed by atoms with Gasteiger partial charge in [0.05, 0.1) is 16.4 Å². The quantitative estimate of drug-likeness (QED) is 0.404. The number of fused-ring (bicyclic) bond motifs is 2. The fourth-order valence-corrected chi connectivity index (χ4v) is 6.35. The number of aryl methyl sites for hydroxylation is 1. The second-order valence-corrected chi connectivity index (χ2v) is 11.3. The molecule has 31 heavy (non-hydrogen) atoms. The summed E-state index contributed by atoms with van der Waals surface area (Å²) in [7, 11) is 3.61. The van der Waals surface area contributed by atoms with Gasteiger partial charge < -0.3 is 4.57 Å². The highest BCUT2D eigenvalue weighted by atomic mass is 32.2. The minimum Gasteiger partial charge on any atom is -0.331 e. The van der Waals surface area contributed by atoms with E-state index in [0.29, 0.717) is 29.5 Å². The third-order valence-electron chi connectivity index (χ3n) is 5.30. The van der Waals surface area contributed by atoms with E-state index in [-0.39, 0.29) is 11.2 Å². The van der Waals surface area contributed by atoms with E-state index in [1.165, 1.54) is 4.57 Å². The summed E-state index contributed by atoms with van der Waals surface area (Å²) >= 11 is 3.25. The fraction of sp³-hybridized carbons (Fsp3) is 0.435. The number of rotatable bonds is 6. The SMILES string of the molecule is CC(C)Cn1c(=O)n(C)c(=O)c2c(SC(C)C)c(Cc3nc4ccccc4n3C)sc21. The van der Waals surface area contributed by atoms with Gasteiger partial charge in [-0.15, -0.1) is 23.1 Å². The Labute approximate surface area is 189 Å². The molecule has 3 aromatic heterocycles. The molecular weight excluding hydrogens is 428 g/mol. The molecule has 0 radical (unpaired) electrons. The van der Waals surface area contributed by atoms with Crippen LogP contribution in [0.15, 0.2) is 38.8 Å². The van der Waals surface area contributed by atoms with Crippen molar-refractivity contribution in [2.24, 2.45) is 20.0 Å². The minimum absolute atomic E-state index is 0.212. The first kappa shape index (κ1) is 21.9. The molecule has 0 aliphatic rings. The Morgan fingerprint density at radius 1 is 1.06 bits per heavy atom. The predicted molar refractivity (Wildman–Crippen MR) is 131 cm³/mol. The van der Waals surface area contributed by atoms with Crippen molar-refractivity contribution in [3.05, 3.63) is 55.8 Å². The van der Waals surface area contributed by atoms with Crippen molar-refractivity contribution in [3.8, 4) is 0 Å². The van der Waals surface area contributed by atoms with E-state index in [1.54, 1.807) is 34.7 Å². The van der Waals surface area contributed by atoms with E-state index in [9.17, 15) is 9.59 Å². The minimum atomic E-state index is -0.247. The molecule has 0 saturated carbocycles. The van der Waals surface area contributed by atoms with Crippen molar-refractivity contribution < 1.29 is 0 Å². The maximum Gasteiger partial charge on any atom is 0.331 e. The first-order chi connectivity index (χ1) is 14.7. The summed E-state index contributed by atoms with van der Waals surface area (Å²) < 4.78 is 5.14. The number of benzene rings is 1. The van der Waals surface area contributed by atoms with E-state index in [1.807, 2.05) is 25.2 Å². The van der Waals surface area contributed by atoms with Crippen LogP contribution in [0.3, 0.4) is 0 Å². The van der Waals surface area contributed by atoms with Crippen molar-refractivity contribution in [2.75, 3.05) is 0 Å². The highest BCUT2D eigenvalue weighted by Gasteiger charge is 2.23. The lowest BCUT2D eigenvalue weighted by molar-refractivity contribution is 0.504. The van der Waals surface area contributed by atoms with Gasteiger partial charge in [0.25, 0.3) is 5.56 Å². The Kier molecular flexibility index (Phi) is 5.87. The Bertz CT molecular complexity index is 1390. The van der Waals surface area contributed by atoms with Gasteiger partial charge >= 0.3 is 5.69 Å². The molecule has 0 spiro atoms. The first-order valence-electron chi connectivity index (χ1n) is 10.5. The normalized spacial score (nSPS) is 12.1. The van der Waals surface area contributed by atoms with Gasteiger partial charge in [-0.05, 0) is 18.1 Å². The molecule has 8 heteroatoms. The summed E-state index contributed by atoms with van der Waals surface area (Å²) in [5.41, 5.74) is 1.59. The third-order valence-corrected chi connectivity index (χ3v) is 7.79. The maximum atomic E-state index is 13.2. The van der Waals surface area contributed by atoms with Gasteiger partial charge in [-0.2, -0.15) is 0 Å². The molecule has 164 valence electrons. The number of imidazole rings is 1. The van der Waals surface area contributed by atoms with Gasteiger partial charge in [-0.25, -0.2) is 9.78 Å². The molecule has 0 saturated heterocycles. The van der Waals surface area contributed by atoms with Crippen molar-refractivity contribution in [1.82, 2.24) is 18.7 Å². The van der Waals surface area contributed by atoms with Gasteiger partial charge in [0.1, 0.15) is 10.7 Å². The highest BCUT2D eigenvalue weighted by molar-refractivity contribution is 8.00. The smallest absolute Gasteiger partial charge is 0.331 e. The van der Waals surface area contributed by atoms with Gasteiger partial charge in [0, 0.05) is 42.1 Å². The summed E-state index contributed by atoms with van der Waals surface area (Å²) in [5.74, 6) is 1.25. The molecule has 0 bridgehead atoms. The molecule has 3 heterocycles. The van der Waals surface area contributed by atoms with Crippen molar-refractivity contribution in [1.29, 1.82) is 0 Å². The lowest BCUT2D eigenvalue weighted by Gasteiger charge is -2.12. The zero-order valence-corrected chi connectivity index (χ0v) is 20.4. The summed E-state index contributed by atoms with van der Waals surface area (Å²) in [6.45, 7) is 9.01. The summed E-state index contributed by atoms with van der Waals surface area (Å²) in [6.07, 6.45) is 0.624. The number of thioether (sulfide) groups is 1. The van der Waals surface area contributed by atoms with Crippen molar-refractivity contribution >= 4 is 44.3 Å². The Hall–Kier alpha value is -2.32. The van der Waals surface area contributed by atoms with Crippen LogP contribution >= 0.6 is 23.1 Å². The zero-order chi connectivity index (χ0) is 22.4. The van der Waals surface area contributed by atoms with E-state index >= 15 is 0 Å². The molecule has 4 rings (SSSR count). The highest BCUT2D eigenvalue weighted by Crippen LogP contribution is 2.39. The second kappa shape index (κ2) is 8.31. The molecular formula is C23H28N4O2S2. The molecule has 0 aliphatic carbocycles. The summed E-state index contributed by atoms with van der Waals surface area (Å²) in [5, 5.41) is 0.979. The molecule has 0 unspecified atom stereocenters. The van der Waals surface area contributed by atoms with Gasteiger partial charge in [-0.1, -0.05) is 39.8 Å². The van der Waals surface area contributed by atoms with Crippen molar-refractivity contribution in [2.45, 2.75) is 50.8 Å². The predicted octanol–water partition coefficient (Wildman–Crippen LogP) is 4.40. The summed E-state index contributed by atoms with van der Waals surface area (Å²) in [6, 6.07) is 8.09. The van der Waals surface area contributed by atoms with Crippen LogP contribution < -0.4 is 11.2 Å². The van der Waals surface area contributed by atoms with Crippen LogP contribution in [-0.2, 0) is 27.1 Å².